The molecule has 0 unspecified atom stereocenters. The summed E-state index contributed by atoms with van der Waals surface area (Å²) in [4.78, 5) is 4.67. The predicted molar refractivity (Wildman–Crippen MR) is 79.5 cm³/mol. The molecule has 3 rings (SSSR count). The standard InChI is InChI=1S/C15H14ClN3/c1-9-7-8-19-10(2)14(18-15(19)13(9)17)11-3-5-12(16)6-4-11/h3-8H,17H2,1-2H3. The molecule has 0 bridgehead atoms. The summed E-state index contributed by atoms with van der Waals surface area (Å²) in [6.07, 6.45) is 2.00. The highest BCUT2D eigenvalue weighted by Gasteiger charge is 2.12. The number of nitrogen functional groups attached to an aromatic ring is 1. The molecule has 96 valence electrons. The second-order valence-electron chi connectivity index (χ2n) is 4.66. The van der Waals surface area contributed by atoms with Crippen LogP contribution < -0.4 is 5.73 Å². The number of fused-ring (bicyclic) bond motifs is 1. The van der Waals surface area contributed by atoms with Gasteiger partial charge in [-0.2, -0.15) is 0 Å². The summed E-state index contributed by atoms with van der Waals surface area (Å²) in [7, 11) is 0. The van der Waals surface area contributed by atoms with Crippen LogP contribution in [0.25, 0.3) is 16.9 Å². The zero-order valence-electron chi connectivity index (χ0n) is 10.8. The van der Waals surface area contributed by atoms with Crippen LogP contribution in [0.15, 0.2) is 36.5 Å². The number of halogens is 1. The average molecular weight is 272 g/mol. The molecular formula is C15H14ClN3. The number of hydrogen-bond donors (Lipinski definition) is 1. The summed E-state index contributed by atoms with van der Waals surface area (Å²) in [5, 5.41) is 0.723. The van der Waals surface area contributed by atoms with Crippen LogP contribution in [0, 0.1) is 13.8 Å². The Hall–Kier alpha value is -2.00. The van der Waals surface area contributed by atoms with Gasteiger partial charge in [0, 0.05) is 22.5 Å². The summed E-state index contributed by atoms with van der Waals surface area (Å²) in [6.45, 7) is 4.03. The van der Waals surface area contributed by atoms with E-state index >= 15 is 0 Å². The van der Waals surface area contributed by atoms with E-state index in [4.69, 9.17) is 17.3 Å². The van der Waals surface area contributed by atoms with Gasteiger partial charge >= 0.3 is 0 Å². The molecule has 2 aromatic heterocycles. The number of aryl methyl sites for hydroxylation is 2. The van der Waals surface area contributed by atoms with E-state index < -0.39 is 0 Å². The largest absolute Gasteiger partial charge is 0.395 e. The van der Waals surface area contributed by atoms with Crippen molar-refractivity contribution in [1.29, 1.82) is 0 Å². The van der Waals surface area contributed by atoms with Crippen molar-refractivity contribution in [2.45, 2.75) is 13.8 Å². The van der Waals surface area contributed by atoms with E-state index in [0.717, 1.165) is 38.9 Å². The Morgan fingerprint density at radius 3 is 2.47 bits per heavy atom. The third-order valence-electron chi connectivity index (χ3n) is 3.41. The van der Waals surface area contributed by atoms with Gasteiger partial charge in [0.2, 0.25) is 0 Å². The third-order valence-corrected chi connectivity index (χ3v) is 3.66. The normalized spacial score (nSPS) is 11.1. The minimum absolute atomic E-state index is 0.723. The van der Waals surface area contributed by atoms with E-state index in [1.165, 1.54) is 0 Å². The maximum Gasteiger partial charge on any atom is 0.161 e. The van der Waals surface area contributed by atoms with Gasteiger partial charge in [0.15, 0.2) is 5.65 Å². The lowest BCUT2D eigenvalue weighted by molar-refractivity contribution is 1.10. The first-order valence-corrected chi connectivity index (χ1v) is 6.45. The van der Waals surface area contributed by atoms with Crippen molar-refractivity contribution in [3.63, 3.8) is 0 Å². The van der Waals surface area contributed by atoms with Gasteiger partial charge in [0.05, 0.1) is 11.4 Å². The topological polar surface area (TPSA) is 43.3 Å². The van der Waals surface area contributed by atoms with Gasteiger partial charge in [-0.25, -0.2) is 4.98 Å². The van der Waals surface area contributed by atoms with Gasteiger partial charge in [-0.1, -0.05) is 23.7 Å². The van der Waals surface area contributed by atoms with Crippen LogP contribution in [0.3, 0.4) is 0 Å². The molecule has 0 aliphatic rings. The summed E-state index contributed by atoms with van der Waals surface area (Å²) in [6, 6.07) is 9.69. The summed E-state index contributed by atoms with van der Waals surface area (Å²) in [5.41, 5.74) is 11.7. The van der Waals surface area contributed by atoms with Gasteiger partial charge < -0.3 is 10.1 Å². The molecule has 0 amide bonds. The van der Waals surface area contributed by atoms with Crippen molar-refractivity contribution >= 4 is 22.9 Å². The SMILES string of the molecule is Cc1ccn2c(C)c(-c3ccc(Cl)cc3)nc2c1N. The third kappa shape index (κ3) is 1.87. The van der Waals surface area contributed by atoms with Crippen LogP contribution in [0.5, 0.6) is 0 Å². The zero-order chi connectivity index (χ0) is 13.6. The number of pyridine rings is 1. The van der Waals surface area contributed by atoms with Crippen molar-refractivity contribution < 1.29 is 0 Å². The van der Waals surface area contributed by atoms with Gasteiger partial charge in [-0.05, 0) is 37.6 Å². The lowest BCUT2D eigenvalue weighted by atomic mass is 10.1. The van der Waals surface area contributed by atoms with Crippen LogP contribution in [0.1, 0.15) is 11.3 Å². The van der Waals surface area contributed by atoms with E-state index in [1.54, 1.807) is 0 Å². The highest BCUT2D eigenvalue weighted by atomic mass is 35.5. The van der Waals surface area contributed by atoms with Crippen molar-refractivity contribution in [2.75, 3.05) is 5.73 Å². The fourth-order valence-corrected chi connectivity index (χ4v) is 2.35. The van der Waals surface area contributed by atoms with E-state index in [-0.39, 0.29) is 0 Å². The quantitative estimate of drug-likeness (QED) is 0.730. The molecule has 0 saturated carbocycles. The average Bonchev–Trinajstić information content (AvgIpc) is 2.73. The van der Waals surface area contributed by atoms with Gasteiger partial charge in [0.25, 0.3) is 0 Å². The molecule has 0 saturated heterocycles. The molecule has 3 nitrogen and oxygen atoms in total. The number of hydrogen-bond acceptors (Lipinski definition) is 2. The van der Waals surface area contributed by atoms with E-state index in [0.29, 0.717) is 0 Å². The Labute approximate surface area is 116 Å². The molecule has 2 heterocycles. The van der Waals surface area contributed by atoms with Crippen molar-refractivity contribution in [3.8, 4) is 11.3 Å². The number of imidazole rings is 1. The molecule has 1 aromatic carbocycles. The molecule has 3 aromatic rings. The first-order chi connectivity index (χ1) is 9.08. The van der Waals surface area contributed by atoms with E-state index in [9.17, 15) is 0 Å². The van der Waals surface area contributed by atoms with Crippen LogP contribution in [0.2, 0.25) is 5.02 Å². The lowest BCUT2D eigenvalue weighted by Gasteiger charge is -2.02. The predicted octanol–water partition coefficient (Wildman–Crippen LogP) is 3.85. The lowest BCUT2D eigenvalue weighted by Crippen LogP contribution is -1.96. The maximum atomic E-state index is 6.10. The molecule has 4 heteroatoms. The molecule has 19 heavy (non-hydrogen) atoms. The number of rotatable bonds is 1. The molecule has 0 fully saturated rings. The fraction of sp³-hybridized carbons (Fsp3) is 0.133. The Morgan fingerprint density at radius 2 is 1.79 bits per heavy atom. The number of nitrogens with two attached hydrogens (primary N) is 1. The van der Waals surface area contributed by atoms with Crippen LogP contribution in [-0.4, -0.2) is 9.38 Å². The molecule has 0 aliphatic carbocycles. The van der Waals surface area contributed by atoms with Gasteiger partial charge in [-0.3, -0.25) is 0 Å². The van der Waals surface area contributed by atoms with Crippen molar-refractivity contribution in [2.24, 2.45) is 0 Å². The number of nitrogens with zero attached hydrogens (tertiary/aromatic N) is 2. The van der Waals surface area contributed by atoms with Crippen LogP contribution in [-0.2, 0) is 0 Å². The number of anilines is 1. The first-order valence-electron chi connectivity index (χ1n) is 6.07. The second kappa shape index (κ2) is 4.28. The number of benzene rings is 1. The highest BCUT2D eigenvalue weighted by molar-refractivity contribution is 6.30. The summed E-state index contributed by atoms with van der Waals surface area (Å²) < 4.78 is 2.02. The monoisotopic (exact) mass is 271 g/mol. The number of aromatic nitrogens is 2. The maximum absolute atomic E-state index is 6.10. The molecule has 0 atom stereocenters. The minimum Gasteiger partial charge on any atom is -0.395 e. The smallest absolute Gasteiger partial charge is 0.161 e. The Bertz CT molecular complexity index is 757. The van der Waals surface area contributed by atoms with Gasteiger partial charge in [0.1, 0.15) is 0 Å². The summed E-state index contributed by atoms with van der Waals surface area (Å²) >= 11 is 5.92. The van der Waals surface area contributed by atoms with Gasteiger partial charge in [-0.15, -0.1) is 0 Å². The molecular weight excluding hydrogens is 258 g/mol. The minimum atomic E-state index is 0.723. The first kappa shape index (κ1) is 12.1. The van der Waals surface area contributed by atoms with E-state index in [2.05, 4.69) is 4.98 Å². The summed E-state index contributed by atoms with van der Waals surface area (Å²) in [5.74, 6) is 0. The van der Waals surface area contributed by atoms with Crippen molar-refractivity contribution in [1.82, 2.24) is 9.38 Å². The highest BCUT2D eigenvalue weighted by Crippen LogP contribution is 2.28. The molecule has 0 spiro atoms. The Kier molecular flexibility index (Phi) is 2.72. The molecule has 0 aliphatic heterocycles. The zero-order valence-corrected chi connectivity index (χ0v) is 11.6. The molecule has 0 radical (unpaired) electrons. The Balaban J connectivity index is 2.28. The van der Waals surface area contributed by atoms with Crippen LogP contribution >= 0.6 is 11.6 Å². The van der Waals surface area contributed by atoms with E-state index in [1.807, 2.05) is 54.8 Å². The van der Waals surface area contributed by atoms with Crippen molar-refractivity contribution in [3.05, 3.63) is 52.8 Å². The second-order valence-corrected chi connectivity index (χ2v) is 5.10. The fourth-order valence-electron chi connectivity index (χ4n) is 2.22. The Morgan fingerprint density at radius 1 is 1.11 bits per heavy atom. The molecule has 2 N–H and O–H groups in total. The van der Waals surface area contributed by atoms with Crippen LogP contribution in [0.4, 0.5) is 5.69 Å².